The smallest absolute Gasteiger partial charge is 0.337 e. The van der Waals surface area contributed by atoms with Crippen LogP contribution in [0, 0.1) is 13.8 Å². The Bertz CT molecular complexity index is 651. The molecule has 19 heavy (non-hydrogen) atoms. The van der Waals surface area contributed by atoms with Crippen molar-refractivity contribution in [3.8, 4) is 0 Å². The number of carbonyl (C=O) groups is 1. The number of fused-ring (bicyclic) bond motifs is 1. The predicted molar refractivity (Wildman–Crippen MR) is 78.1 cm³/mol. The second-order valence-electron chi connectivity index (χ2n) is 5.41. The van der Waals surface area contributed by atoms with Crippen molar-refractivity contribution >= 4 is 16.9 Å². The van der Waals surface area contributed by atoms with E-state index in [1.165, 1.54) is 11.3 Å². The van der Waals surface area contributed by atoms with Crippen molar-refractivity contribution in [2.75, 3.05) is 0 Å². The third-order valence-corrected chi connectivity index (χ3v) is 3.73. The summed E-state index contributed by atoms with van der Waals surface area (Å²) in [5.41, 5.74) is 4.72. The van der Waals surface area contributed by atoms with Gasteiger partial charge in [-0.3, -0.25) is 0 Å². The van der Waals surface area contributed by atoms with Gasteiger partial charge in [0.05, 0.1) is 11.1 Å². The van der Waals surface area contributed by atoms with Crippen molar-refractivity contribution in [1.29, 1.82) is 0 Å². The lowest BCUT2D eigenvalue weighted by molar-refractivity contribution is 0.0698. The minimum absolute atomic E-state index is 0.388. The highest BCUT2D eigenvalue weighted by atomic mass is 16.4. The highest BCUT2D eigenvalue weighted by Gasteiger charge is 2.21. The van der Waals surface area contributed by atoms with Crippen LogP contribution >= 0.6 is 0 Å². The lowest BCUT2D eigenvalue weighted by atomic mass is 9.97. The second kappa shape index (κ2) is 4.72. The zero-order valence-corrected chi connectivity index (χ0v) is 12.2. The van der Waals surface area contributed by atoms with E-state index in [1.54, 1.807) is 6.07 Å². The third-order valence-electron chi connectivity index (χ3n) is 3.73. The summed E-state index contributed by atoms with van der Waals surface area (Å²) >= 11 is 0. The fourth-order valence-electron chi connectivity index (χ4n) is 3.07. The van der Waals surface area contributed by atoms with E-state index >= 15 is 0 Å². The molecule has 3 heteroatoms. The van der Waals surface area contributed by atoms with Gasteiger partial charge in [0.25, 0.3) is 0 Å². The molecular formula is C16H21NO2. The van der Waals surface area contributed by atoms with Crippen LogP contribution in [0.1, 0.15) is 53.9 Å². The topological polar surface area (TPSA) is 42.2 Å². The first kappa shape index (κ1) is 13.7. The molecule has 3 nitrogen and oxygen atoms in total. The molecule has 0 unspecified atom stereocenters. The van der Waals surface area contributed by atoms with Gasteiger partial charge in [-0.15, -0.1) is 0 Å². The molecule has 0 spiro atoms. The summed E-state index contributed by atoms with van der Waals surface area (Å²) in [5.74, 6) is -0.463. The van der Waals surface area contributed by atoms with E-state index in [9.17, 15) is 9.90 Å². The minimum atomic E-state index is -0.851. The number of aromatic carboxylic acids is 1. The SMILES string of the molecule is CCn1c(C)c(C(C)C)c2cc(C)cc(C(=O)O)c21. The second-order valence-corrected chi connectivity index (χ2v) is 5.41. The minimum Gasteiger partial charge on any atom is -0.478 e. The number of benzene rings is 1. The van der Waals surface area contributed by atoms with Gasteiger partial charge in [-0.25, -0.2) is 4.79 Å². The van der Waals surface area contributed by atoms with E-state index in [0.29, 0.717) is 11.5 Å². The van der Waals surface area contributed by atoms with E-state index < -0.39 is 5.97 Å². The number of hydrogen-bond acceptors (Lipinski definition) is 1. The van der Waals surface area contributed by atoms with Crippen LogP contribution in [0.4, 0.5) is 0 Å². The van der Waals surface area contributed by atoms with Crippen molar-refractivity contribution in [2.45, 2.75) is 47.1 Å². The molecule has 2 aromatic rings. The van der Waals surface area contributed by atoms with E-state index in [-0.39, 0.29) is 0 Å². The van der Waals surface area contributed by atoms with E-state index in [0.717, 1.165) is 23.0 Å². The monoisotopic (exact) mass is 259 g/mol. The number of rotatable bonds is 3. The molecule has 1 heterocycles. The fourth-order valence-corrected chi connectivity index (χ4v) is 3.07. The molecule has 0 aliphatic heterocycles. The largest absolute Gasteiger partial charge is 0.478 e. The number of hydrogen-bond donors (Lipinski definition) is 1. The van der Waals surface area contributed by atoms with E-state index in [1.807, 2.05) is 6.92 Å². The van der Waals surface area contributed by atoms with Crippen LogP contribution in [0.2, 0.25) is 0 Å². The van der Waals surface area contributed by atoms with Gasteiger partial charge in [0.15, 0.2) is 0 Å². The summed E-state index contributed by atoms with van der Waals surface area (Å²) in [6.07, 6.45) is 0. The summed E-state index contributed by atoms with van der Waals surface area (Å²) < 4.78 is 2.12. The van der Waals surface area contributed by atoms with Crippen LogP contribution in [0.5, 0.6) is 0 Å². The van der Waals surface area contributed by atoms with Crippen LogP contribution in [0.15, 0.2) is 12.1 Å². The molecule has 0 saturated heterocycles. The van der Waals surface area contributed by atoms with Crippen LogP contribution in [-0.2, 0) is 6.54 Å². The molecule has 0 bridgehead atoms. The molecule has 1 N–H and O–H groups in total. The van der Waals surface area contributed by atoms with E-state index in [4.69, 9.17) is 0 Å². The molecule has 0 amide bonds. The van der Waals surface area contributed by atoms with Gasteiger partial charge >= 0.3 is 5.97 Å². The quantitative estimate of drug-likeness (QED) is 0.901. The Hall–Kier alpha value is -1.77. The highest BCUT2D eigenvalue weighted by Crippen LogP contribution is 2.34. The van der Waals surface area contributed by atoms with Crippen molar-refractivity contribution in [1.82, 2.24) is 4.57 Å². The first-order valence-electron chi connectivity index (χ1n) is 6.75. The zero-order chi connectivity index (χ0) is 14.3. The average Bonchev–Trinajstić information content (AvgIpc) is 2.59. The van der Waals surface area contributed by atoms with Crippen molar-refractivity contribution in [3.05, 3.63) is 34.5 Å². The first-order chi connectivity index (χ1) is 8.88. The van der Waals surface area contributed by atoms with Crippen molar-refractivity contribution in [2.24, 2.45) is 0 Å². The predicted octanol–water partition coefficient (Wildman–Crippen LogP) is 4.10. The van der Waals surface area contributed by atoms with Crippen molar-refractivity contribution in [3.63, 3.8) is 0 Å². The number of aryl methyl sites for hydroxylation is 2. The Morgan fingerprint density at radius 2 is 1.95 bits per heavy atom. The van der Waals surface area contributed by atoms with Crippen molar-refractivity contribution < 1.29 is 9.90 Å². The lowest BCUT2D eigenvalue weighted by Gasteiger charge is -2.07. The first-order valence-corrected chi connectivity index (χ1v) is 6.75. The average molecular weight is 259 g/mol. The lowest BCUT2D eigenvalue weighted by Crippen LogP contribution is -2.04. The Morgan fingerprint density at radius 1 is 1.32 bits per heavy atom. The summed E-state index contributed by atoms with van der Waals surface area (Å²) in [4.78, 5) is 11.5. The number of carboxylic acid groups (broad SMARTS) is 1. The summed E-state index contributed by atoms with van der Waals surface area (Å²) in [6.45, 7) is 11.2. The van der Waals surface area contributed by atoms with Crippen LogP contribution in [0.3, 0.4) is 0 Å². The molecule has 0 aliphatic rings. The van der Waals surface area contributed by atoms with Gasteiger partial charge in [-0.2, -0.15) is 0 Å². The molecule has 0 saturated carbocycles. The molecule has 0 fully saturated rings. The Balaban J connectivity index is 3.01. The van der Waals surface area contributed by atoms with Gasteiger partial charge in [-0.05, 0) is 49.9 Å². The zero-order valence-electron chi connectivity index (χ0n) is 12.2. The molecule has 102 valence electrons. The Morgan fingerprint density at radius 3 is 2.42 bits per heavy atom. The van der Waals surface area contributed by atoms with Gasteiger partial charge in [-0.1, -0.05) is 13.8 Å². The maximum absolute atomic E-state index is 11.5. The standard InChI is InChI=1S/C16H21NO2/c1-6-17-11(5)14(9(2)3)12-7-10(4)8-13(15(12)17)16(18)19/h7-9H,6H2,1-5H3,(H,18,19). The van der Waals surface area contributed by atoms with Gasteiger partial charge < -0.3 is 9.67 Å². The molecule has 0 atom stereocenters. The summed E-state index contributed by atoms with van der Waals surface area (Å²) in [7, 11) is 0. The number of nitrogens with zero attached hydrogens (tertiary/aromatic N) is 1. The Kier molecular flexibility index (Phi) is 3.40. The maximum Gasteiger partial charge on any atom is 0.337 e. The fraction of sp³-hybridized carbons (Fsp3) is 0.438. The van der Waals surface area contributed by atoms with Gasteiger partial charge in [0.1, 0.15) is 0 Å². The van der Waals surface area contributed by atoms with E-state index in [2.05, 4.69) is 38.3 Å². The highest BCUT2D eigenvalue weighted by molar-refractivity contribution is 6.04. The molecule has 0 radical (unpaired) electrons. The van der Waals surface area contributed by atoms with Crippen LogP contribution < -0.4 is 0 Å². The van der Waals surface area contributed by atoms with Gasteiger partial charge in [0.2, 0.25) is 0 Å². The van der Waals surface area contributed by atoms with Gasteiger partial charge in [0, 0.05) is 17.6 Å². The summed E-state index contributed by atoms with van der Waals surface area (Å²) in [5, 5.41) is 10.5. The van der Waals surface area contributed by atoms with Crippen LogP contribution in [0.25, 0.3) is 10.9 Å². The molecular weight excluding hydrogens is 238 g/mol. The summed E-state index contributed by atoms with van der Waals surface area (Å²) in [6, 6.07) is 3.87. The molecule has 1 aromatic heterocycles. The number of aromatic nitrogens is 1. The molecule has 0 aliphatic carbocycles. The third kappa shape index (κ3) is 2.03. The number of carboxylic acids is 1. The normalized spacial score (nSPS) is 11.5. The molecule has 1 aromatic carbocycles. The maximum atomic E-state index is 11.5. The molecule has 2 rings (SSSR count). The van der Waals surface area contributed by atoms with Crippen LogP contribution in [-0.4, -0.2) is 15.6 Å². The Labute approximate surface area is 113 Å².